The van der Waals surface area contributed by atoms with Crippen LogP contribution in [0.4, 0.5) is 0 Å². The summed E-state index contributed by atoms with van der Waals surface area (Å²) in [6.07, 6.45) is 0.0994. The van der Waals surface area contributed by atoms with Crippen molar-refractivity contribution in [2.45, 2.75) is 33.1 Å². The Hall–Kier alpha value is -3.08. The molecule has 27 heavy (non-hydrogen) atoms. The molecule has 2 heterocycles. The summed E-state index contributed by atoms with van der Waals surface area (Å²) in [5.74, 6) is 0.317. The number of ether oxygens (including phenoxy) is 2. The third-order valence-electron chi connectivity index (χ3n) is 4.87. The maximum Gasteiger partial charge on any atom is 0.343 e. The Kier molecular flexibility index (Phi) is 4.22. The van der Waals surface area contributed by atoms with Crippen LogP contribution in [-0.2, 0) is 4.79 Å². The van der Waals surface area contributed by atoms with Crippen LogP contribution in [-0.4, -0.2) is 12.6 Å². The van der Waals surface area contributed by atoms with E-state index in [2.05, 4.69) is 0 Å². The van der Waals surface area contributed by atoms with E-state index in [4.69, 9.17) is 13.9 Å². The molecule has 0 radical (unpaired) electrons. The molecule has 0 aliphatic carbocycles. The summed E-state index contributed by atoms with van der Waals surface area (Å²) in [7, 11) is 0. The van der Waals surface area contributed by atoms with E-state index in [1.165, 1.54) is 0 Å². The number of carbonyl (C=O) groups is 1. The van der Waals surface area contributed by atoms with Crippen LogP contribution < -0.4 is 15.1 Å². The number of esters is 1. The van der Waals surface area contributed by atoms with Crippen molar-refractivity contribution < 1.29 is 18.7 Å². The fourth-order valence-corrected chi connectivity index (χ4v) is 3.76. The molecule has 0 unspecified atom stereocenters. The van der Waals surface area contributed by atoms with Crippen molar-refractivity contribution in [2.75, 3.05) is 6.61 Å². The van der Waals surface area contributed by atoms with Crippen LogP contribution in [0.15, 0.2) is 45.6 Å². The maximum absolute atomic E-state index is 12.8. The minimum Gasteiger partial charge on any atom is -0.494 e. The van der Waals surface area contributed by atoms with E-state index in [1.807, 2.05) is 51.1 Å². The largest absolute Gasteiger partial charge is 0.494 e. The lowest BCUT2D eigenvalue weighted by molar-refractivity contribution is -0.135. The fraction of sp³-hybridized carbons (Fsp3) is 0.273. The summed E-state index contributed by atoms with van der Waals surface area (Å²) in [5, 5.41) is 0.680. The van der Waals surface area contributed by atoms with Crippen LogP contribution in [0.3, 0.4) is 0 Å². The Balaban J connectivity index is 1.92. The van der Waals surface area contributed by atoms with Crippen LogP contribution in [0.2, 0.25) is 0 Å². The highest BCUT2D eigenvalue weighted by Gasteiger charge is 2.34. The van der Waals surface area contributed by atoms with Gasteiger partial charge in [-0.25, -0.2) is 4.79 Å². The van der Waals surface area contributed by atoms with Gasteiger partial charge >= 0.3 is 11.6 Å². The summed E-state index contributed by atoms with van der Waals surface area (Å²) in [5.41, 5.74) is 3.12. The second-order valence-corrected chi connectivity index (χ2v) is 6.82. The van der Waals surface area contributed by atoms with Gasteiger partial charge in [-0.1, -0.05) is 18.2 Å². The van der Waals surface area contributed by atoms with Crippen molar-refractivity contribution in [1.82, 2.24) is 0 Å². The number of benzene rings is 2. The predicted octanol–water partition coefficient (Wildman–Crippen LogP) is 4.25. The summed E-state index contributed by atoms with van der Waals surface area (Å²) >= 11 is 0. The first-order chi connectivity index (χ1) is 13.0. The summed E-state index contributed by atoms with van der Waals surface area (Å²) in [4.78, 5) is 25.1. The normalized spacial score (nSPS) is 16.1. The van der Waals surface area contributed by atoms with E-state index < -0.39 is 11.5 Å². The van der Waals surface area contributed by atoms with Gasteiger partial charge in [0.1, 0.15) is 11.3 Å². The molecule has 1 aliphatic heterocycles. The minimum atomic E-state index is -0.464. The molecule has 5 nitrogen and oxygen atoms in total. The smallest absolute Gasteiger partial charge is 0.343 e. The van der Waals surface area contributed by atoms with Crippen molar-refractivity contribution >= 4 is 16.9 Å². The van der Waals surface area contributed by atoms with Crippen LogP contribution in [0.25, 0.3) is 11.0 Å². The van der Waals surface area contributed by atoms with Crippen LogP contribution >= 0.6 is 0 Å². The number of hydrogen-bond donors (Lipinski definition) is 0. The second kappa shape index (κ2) is 6.58. The maximum atomic E-state index is 12.8. The molecule has 0 spiro atoms. The number of aryl methyl sites for hydroxylation is 2. The Labute approximate surface area is 156 Å². The SMILES string of the molecule is CCOc1ccc([C@H]2CC(=O)Oc3c2c(=O)oc2cc(C)cc(C)c32)cc1. The van der Waals surface area contributed by atoms with Crippen molar-refractivity contribution in [3.63, 3.8) is 0 Å². The molecule has 1 atom stereocenters. The van der Waals surface area contributed by atoms with Gasteiger partial charge in [0.05, 0.1) is 24.0 Å². The van der Waals surface area contributed by atoms with Gasteiger partial charge in [-0.15, -0.1) is 0 Å². The summed E-state index contributed by atoms with van der Waals surface area (Å²) < 4.78 is 16.6. The minimum absolute atomic E-state index is 0.0994. The monoisotopic (exact) mass is 364 g/mol. The van der Waals surface area contributed by atoms with E-state index in [0.717, 1.165) is 22.4 Å². The average molecular weight is 364 g/mol. The third-order valence-corrected chi connectivity index (χ3v) is 4.87. The Morgan fingerprint density at radius 2 is 1.85 bits per heavy atom. The predicted molar refractivity (Wildman–Crippen MR) is 102 cm³/mol. The van der Waals surface area contributed by atoms with Crippen LogP contribution in [0.1, 0.15) is 41.5 Å². The molecule has 0 saturated carbocycles. The lowest BCUT2D eigenvalue weighted by Gasteiger charge is -2.25. The van der Waals surface area contributed by atoms with Gasteiger partial charge in [0.2, 0.25) is 0 Å². The molecule has 5 heteroatoms. The van der Waals surface area contributed by atoms with Gasteiger partial charge in [0, 0.05) is 5.92 Å². The molecule has 0 amide bonds. The van der Waals surface area contributed by atoms with Gasteiger partial charge in [-0.2, -0.15) is 0 Å². The van der Waals surface area contributed by atoms with Crippen molar-refractivity contribution in [3.8, 4) is 11.5 Å². The molecular formula is C22H20O5. The lowest BCUT2D eigenvalue weighted by atomic mass is 9.86. The molecule has 0 bridgehead atoms. The van der Waals surface area contributed by atoms with Gasteiger partial charge in [0.25, 0.3) is 0 Å². The van der Waals surface area contributed by atoms with Crippen molar-refractivity contribution in [1.29, 1.82) is 0 Å². The first-order valence-electron chi connectivity index (χ1n) is 8.99. The molecular weight excluding hydrogens is 344 g/mol. The van der Waals surface area contributed by atoms with Gasteiger partial charge in [0.15, 0.2) is 5.75 Å². The van der Waals surface area contributed by atoms with Crippen LogP contribution in [0.5, 0.6) is 11.5 Å². The second-order valence-electron chi connectivity index (χ2n) is 6.82. The quantitative estimate of drug-likeness (QED) is 0.513. The zero-order chi connectivity index (χ0) is 19.1. The molecule has 0 N–H and O–H groups in total. The van der Waals surface area contributed by atoms with Gasteiger partial charge in [-0.05, 0) is 55.7 Å². The standard InChI is InChI=1S/C22H20O5/c1-4-25-15-7-5-14(6-8-15)16-11-18(23)27-21-19-13(3)9-12(2)10-17(19)26-22(24)20(16)21/h5-10,16H,4,11H2,1-3H3/t16-/m1/s1. The van der Waals surface area contributed by atoms with E-state index >= 15 is 0 Å². The zero-order valence-electron chi connectivity index (χ0n) is 15.5. The number of fused-ring (bicyclic) bond motifs is 3. The summed E-state index contributed by atoms with van der Waals surface area (Å²) in [6, 6.07) is 11.2. The Morgan fingerprint density at radius 1 is 1.11 bits per heavy atom. The van der Waals surface area contributed by atoms with Gasteiger partial charge < -0.3 is 13.9 Å². The van der Waals surface area contributed by atoms with Gasteiger partial charge in [-0.3, -0.25) is 4.79 Å². The number of carbonyl (C=O) groups excluding carboxylic acids is 1. The molecule has 1 aromatic heterocycles. The Morgan fingerprint density at radius 3 is 2.56 bits per heavy atom. The lowest BCUT2D eigenvalue weighted by Crippen LogP contribution is -2.27. The highest BCUT2D eigenvalue weighted by atomic mass is 16.5. The zero-order valence-corrected chi connectivity index (χ0v) is 15.5. The first kappa shape index (κ1) is 17.3. The average Bonchev–Trinajstić information content (AvgIpc) is 2.61. The third kappa shape index (κ3) is 2.99. The highest BCUT2D eigenvalue weighted by Crippen LogP contribution is 2.42. The van der Waals surface area contributed by atoms with Crippen molar-refractivity contribution in [3.05, 3.63) is 69.1 Å². The van der Waals surface area contributed by atoms with Crippen LogP contribution in [0, 0.1) is 13.8 Å². The molecule has 0 fully saturated rings. The van der Waals surface area contributed by atoms with E-state index in [9.17, 15) is 9.59 Å². The summed E-state index contributed by atoms with van der Waals surface area (Å²) in [6.45, 7) is 6.35. The topological polar surface area (TPSA) is 65.7 Å². The van der Waals surface area contributed by atoms with E-state index in [1.54, 1.807) is 6.07 Å². The fourth-order valence-electron chi connectivity index (χ4n) is 3.76. The molecule has 138 valence electrons. The Bertz CT molecular complexity index is 1090. The molecule has 3 aromatic rings. The van der Waals surface area contributed by atoms with E-state index in [0.29, 0.717) is 28.9 Å². The van der Waals surface area contributed by atoms with Crippen molar-refractivity contribution in [2.24, 2.45) is 0 Å². The number of rotatable bonds is 3. The molecule has 4 rings (SSSR count). The molecule has 2 aromatic carbocycles. The highest BCUT2D eigenvalue weighted by molar-refractivity contribution is 5.92. The molecule has 0 saturated heterocycles. The molecule has 1 aliphatic rings. The number of hydrogen-bond acceptors (Lipinski definition) is 5. The first-order valence-corrected chi connectivity index (χ1v) is 8.99. The van der Waals surface area contributed by atoms with E-state index in [-0.39, 0.29) is 12.4 Å².